The van der Waals surface area contributed by atoms with Crippen LogP contribution in [0.3, 0.4) is 0 Å². The zero-order chi connectivity index (χ0) is 26.7. The Hall–Kier alpha value is -3.90. The molecule has 4 N–H and O–H groups in total. The summed E-state index contributed by atoms with van der Waals surface area (Å²) in [6, 6.07) is 7.29. The van der Waals surface area contributed by atoms with Gasteiger partial charge in [0, 0.05) is 13.1 Å². The Morgan fingerprint density at radius 1 is 1.28 bits per heavy atom. The van der Waals surface area contributed by atoms with Gasteiger partial charge in [0.15, 0.2) is 5.03 Å². The largest absolute Gasteiger partial charge is 0.459 e. The first-order valence-electron chi connectivity index (χ1n) is 11.7. The van der Waals surface area contributed by atoms with E-state index in [1.165, 1.54) is 4.90 Å². The highest BCUT2D eigenvalue weighted by molar-refractivity contribution is 5.90. The van der Waals surface area contributed by atoms with Crippen molar-refractivity contribution in [3.8, 4) is 0 Å². The quantitative estimate of drug-likeness (QED) is 0.106. The highest BCUT2D eigenvalue weighted by Gasteiger charge is 2.38. The summed E-state index contributed by atoms with van der Waals surface area (Å²) in [5, 5.41) is 12.3. The molecule has 0 aliphatic carbocycles. The number of likely N-dealkylation sites (tertiary alicyclic amines) is 1. The Morgan fingerprint density at radius 2 is 1.97 bits per heavy atom. The maximum atomic E-state index is 13.1. The van der Waals surface area contributed by atoms with Crippen LogP contribution in [0.1, 0.15) is 52.0 Å². The number of amides is 2. The van der Waals surface area contributed by atoms with Gasteiger partial charge in [0.25, 0.3) is 5.96 Å². The minimum atomic E-state index is -1.01. The van der Waals surface area contributed by atoms with E-state index in [-0.39, 0.29) is 32.0 Å². The smallest absolute Gasteiger partial charge is 0.410 e. The van der Waals surface area contributed by atoms with Crippen molar-refractivity contribution in [2.75, 3.05) is 13.1 Å². The summed E-state index contributed by atoms with van der Waals surface area (Å²) in [5.74, 6) is -1.50. The first-order chi connectivity index (χ1) is 17.0. The molecule has 198 valence electrons. The second-order valence-electron chi connectivity index (χ2n) is 9.26. The van der Waals surface area contributed by atoms with E-state index in [9.17, 15) is 24.5 Å². The fraction of sp³-hybridized carbons (Fsp3) is 0.565. The van der Waals surface area contributed by atoms with E-state index in [0.717, 1.165) is 5.56 Å². The maximum Gasteiger partial charge on any atom is 0.410 e. The highest BCUT2D eigenvalue weighted by atomic mass is 16.7. The summed E-state index contributed by atoms with van der Waals surface area (Å²) in [4.78, 5) is 54.1. The number of nitrogens with zero attached hydrogens (tertiary/aromatic N) is 3. The number of guanidine groups is 1. The lowest BCUT2D eigenvalue weighted by molar-refractivity contribution is -0.525. The topological polar surface area (TPSA) is 178 Å². The number of nitro groups is 1. The fourth-order valence-electron chi connectivity index (χ4n) is 3.55. The maximum absolute atomic E-state index is 13.1. The third-order valence-corrected chi connectivity index (χ3v) is 5.15. The van der Waals surface area contributed by atoms with Crippen molar-refractivity contribution in [1.29, 1.82) is 0 Å². The molecule has 13 nitrogen and oxygen atoms in total. The summed E-state index contributed by atoms with van der Waals surface area (Å²) in [6.07, 6.45) is 0.897. The molecule has 36 heavy (non-hydrogen) atoms. The van der Waals surface area contributed by atoms with Gasteiger partial charge in [-0.15, -0.1) is 0 Å². The molecular weight excluding hydrogens is 472 g/mol. The van der Waals surface area contributed by atoms with Crippen LogP contribution >= 0.6 is 0 Å². The first kappa shape index (κ1) is 28.3. The molecule has 1 aliphatic rings. The van der Waals surface area contributed by atoms with Gasteiger partial charge in [-0.3, -0.25) is 9.69 Å². The zero-order valence-corrected chi connectivity index (χ0v) is 20.8. The molecule has 0 saturated carbocycles. The van der Waals surface area contributed by atoms with E-state index in [0.29, 0.717) is 19.4 Å². The second kappa shape index (κ2) is 13.3. The van der Waals surface area contributed by atoms with Gasteiger partial charge in [-0.25, -0.2) is 24.7 Å². The number of esters is 1. The monoisotopic (exact) mass is 506 g/mol. The van der Waals surface area contributed by atoms with Crippen molar-refractivity contribution in [2.45, 2.75) is 70.7 Å². The van der Waals surface area contributed by atoms with Gasteiger partial charge < -0.3 is 20.5 Å². The molecule has 2 atom stereocenters. The minimum absolute atomic E-state index is 0.0252. The number of ether oxygens (including phenoxy) is 2. The molecule has 2 amide bonds. The molecule has 0 unspecified atom stereocenters. The summed E-state index contributed by atoms with van der Waals surface area (Å²) in [7, 11) is 0. The normalized spacial score (nSPS) is 16.7. The van der Waals surface area contributed by atoms with Crippen LogP contribution in [-0.4, -0.2) is 64.6 Å². The Kier molecular flexibility index (Phi) is 10.4. The van der Waals surface area contributed by atoms with Gasteiger partial charge in [0.2, 0.25) is 5.91 Å². The lowest BCUT2D eigenvalue weighted by atomic mass is 10.1. The third-order valence-electron chi connectivity index (χ3n) is 5.15. The number of hydrogen-bond donors (Lipinski definition) is 3. The van der Waals surface area contributed by atoms with Gasteiger partial charge in [0.1, 0.15) is 24.3 Å². The van der Waals surface area contributed by atoms with E-state index < -0.39 is 40.7 Å². The number of carbonyl (C=O) groups excluding carboxylic acids is 3. The summed E-state index contributed by atoms with van der Waals surface area (Å²) in [6.45, 7) is 5.70. The van der Waals surface area contributed by atoms with Gasteiger partial charge in [-0.05, 0) is 52.0 Å². The van der Waals surface area contributed by atoms with Crippen molar-refractivity contribution in [2.24, 2.45) is 10.7 Å². The van der Waals surface area contributed by atoms with Crippen LogP contribution in [0, 0.1) is 10.1 Å². The predicted octanol–water partition coefficient (Wildman–Crippen LogP) is 1.49. The van der Waals surface area contributed by atoms with Crippen LogP contribution < -0.4 is 16.5 Å². The van der Waals surface area contributed by atoms with Gasteiger partial charge in [-0.1, -0.05) is 35.8 Å². The highest BCUT2D eigenvalue weighted by Crippen LogP contribution is 2.21. The van der Waals surface area contributed by atoms with Crippen LogP contribution in [0.15, 0.2) is 35.3 Å². The van der Waals surface area contributed by atoms with E-state index in [1.54, 1.807) is 38.3 Å². The standard InChI is InChI=1S/C23H34N6O7/c1-23(2,3)36-22(32)28-14-8-12-18(28)19(30)26-17(11-7-13-25-21(24)27-29(33)34)20(31)35-15-16-9-5-4-6-10-16/h4-6,9-10,17-18H,7-8,11-15H2,1-3H3,(H,26,30)(H3,24,25,27)/t17-,18-/m0/s1. The van der Waals surface area contributed by atoms with Crippen LogP contribution in [0.4, 0.5) is 4.79 Å². The van der Waals surface area contributed by atoms with Crippen LogP contribution in [0.2, 0.25) is 0 Å². The molecule has 1 aliphatic heterocycles. The van der Waals surface area contributed by atoms with Crippen molar-refractivity contribution < 1.29 is 28.9 Å². The average molecular weight is 507 g/mol. The van der Waals surface area contributed by atoms with E-state index >= 15 is 0 Å². The van der Waals surface area contributed by atoms with E-state index in [2.05, 4.69) is 10.3 Å². The van der Waals surface area contributed by atoms with Crippen LogP contribution in [-0.2, 0) is 25.7 Å². The molecule has 0 aromatic heterocycles. The summed E-state index contributed by atoms with van der Waals surface area (Å²) >= 11 is 0. The lowest BCUT2D eigenvalue weighted by Gasteiger charge is -2.29. The number of hydrazine groups is 1. The Labute approximate surface area is 209 Å². The lowest BCUT2D eigenvalue weighted by Crippen LogP contribution is -2.52. The van der Waals surface area contributed by atoms with Crippen molar-refractivity contribution in [3.05, 3.63) is 46.0 Å². The van der Waals surface area contributed by atoms with Crippen molar-refractivity contribution in [3.63, 3.8) is 0 Å². The molecule has 0 spiro atoms. The number of nitrogens with one attached hydrogen (secondary N) is 2. The molecule has 13 heteroatoms. The number of benzene rings is 1. The first-order valence-corrected chi connectivity index (χ1v) is 11.7. The molecule has 1 saturated heterocycles. The Balaban J connectivity index is 2.04. The van der Waals surface area contributed by atoms with Gasteiger partial charge >= 0.3 is 12.1 Å². The molecule has 0 bridgehead atoms. The molecule has 0 radical (unpaired) electrons. The number of nitrogens with two attached hydrogens (primary N) is 1. The Bertz CT molecular complexity index is 948. The third kappa shape index (κ3) is 9.76. The summed E-state index contributed by atoms with van der Waals surface area (Å²) < 4.78 is 10.8. The fourth-order valence-corrected chi connectivity index (χ4v) is 3.55. The number of hydrogen-bond acceptors (Lipinski definition) is 8. The SMILES string of the molecule is CC(C)(C)OC(=O)N1CCC[C@H]1C(=O)N[C@@H](CCCN=C(N)N[N+](=O)[O-])C(=O)OCc1ccccc1. The number of rotatable bonds is 10. The van der Waals surface area contributed by atoms with Crippen LogP contribution in [0.25, 0.3) is 0 Å². The van der Waals surface area contributed by atoms with Gasteiger partial charge in [-0.2, -0.15) is 0 Å². The number of aliphatic imine (C=N–C) groups is 1. The van der Waals surface area contributed by atoms with Crippen molar-refractivity contribution in [1.82, 2.24) is 15.6 Å². The predicted molar refractivity (Wildman–Crippen MR) is 130 cm³/mol. The van der Waals surface area contributed by atoms with Gasteiger partial charge in [0.05, 0.1) is 0 Å². The zero-order valence-electron chi connectivity index (χ0n) is 20.8. The van der Waals surface area contributed by atoms with E-state index in [1.807, 2.05) is 18.2 Å². The van der Waals surface area contributed by atoms with E-state index in [4.69, 9.17) is 15.2 Å². The van der Waals surface area contributed by atoms with Crippen LogP contribution in [0.5, 0.6) is 0 Å². The molecule has 1 aromatic rings. The number of carbonyl (C=O) groups is 3. The molecule has 1 fully saturated rings. The van der Waals surface area contributed by atoms with Crippen molar-refractivity contribution >= 4 is 23.9 Å². The minimum Gasteiger partial charge on any atom is -0.459 e. The molecule has 1 heterocycles. The molecule has 1 aromatic carbocycles. The summed E-state index contributed by atoms with van der Waals surface area (Å²) in [5.41, 5.74) is 7.20. The molecule has 2 rings (SSSR count). The second-order valence-corrected chi connectivity index (χ2v) is 9.26. The molecular formula is C23H34N6O7. The Morgan fingerprint density at radius 3 is 2.61 bits per heavy atom. The average Bonchev–Trinajstić information content (AvgIpc) is 3.29.